The van der Waals surface area contributed by atoms with Gasteiger partial charge in [0.25, 0.3) is 5.91 Å². The maximum atomic E-state index is 12.4. The first-order chi connectivity index (χ1) is 12.0. The first kappa shape index (κ1) is 18.6. The predicted octanol–water partition coefficient (Wildman–Crippen LogP) is 3.79. The predicted molar refractivity (Wildman–Crippen MR) is 94.9 cm³/mol. The van der Waals surface area contributed by atoms with Crippen LogP contribution < -0.4 is 14.8 Å². The summed E-state index contributed by atoms with van der Waals surface area (Å²) in [6, 6.07) is 9.41. The van der Waals surface area contributed by atoms with E-state index < -0.39 is 5.97 Å². The Hall–Kier alpha value is -2.73. The minimum absolute atomic E-state index is 0.189. The van der Waals surface area contributed by atoms with Crippen LogP contribution >= 0.6 is 11.6 Å². The maximum Gasteiger partial charge on any atom is 0.339 e. The summed E-state index contributed by atoms with van der Waals surface area (Å²) in [5.74, 6) is 0.0569. The second-order valence-corrected chi connectivity index (χ2v) is 5.35. The number of nitrogens with one attached hydrogen (secondary N) is 1. The molecule has 0 saturated carbocycles. The Bertz CT molecular complexity index is 791. The highest BCUT2D eigenvalue weighted by Crippen LogP contribution is 2.28. The Kier molecular flexibility index (Phi) is 6.25. The van der Waals surface area contributed by atoms with E-state index in [4.69, 9.17) is 25.8 Å². The molecule has 7 heteroatoms. The summed E-state index contributed by atoms with van der Waals surface area (Å²) in [5.41, 5.74) is 0.992. The highest BCUT2D eigenvalue weighted by Gasteiger charge is 2.15. The third-order valence-corrected chi connectivity index (χ3v) is 3.69. The summed E-state index contributed by atoms with van der Waals surface area (Å²) < 4.78 is 15.3. The lowest BCUT2D eigenvalue weighted by Gasteiger charge is -2.11. The van der Waals surface area contributed by atoms with E-state index in [0.717, 1.165) is 0 Å². The van der Waals surface area contributed by atoms with Crippen molar-refractivity contribution in [2.75, 3.05) is 26.1 Å². The molecule has 0 aliphatic carbocycles. The van der Waals surface area contributed by atoms with Crippen molar-refractivity contribution in [1.82, 2.24) is 0 Å². The number of esters is 1. The first-order valence-corrected chi connectivity index (χ1v) is 7.88. The van der Waals surface area contributed by atoms with Gasteiger partial charge in [0.2, 0.25) is 0 Å². The van der Waals surface area contributed by atoms with Gasteiger partial charge in [-0.2, -0.15) is 0 Å². The molecule has 1 N–H and O–H groups in total. The molecule has 0 heterocycles. The molecule has 1 amide bonds. The Morgan fingerprint density at radius 1 is 1.04 bits per heavy atom. The second-order valence-electron chi connectivity index (χ2n) is 4.94. The number of hydrogen-bond acceptors (Lipinski definition) is 5. The van der Waals surface area contributed by atoms with Crippen LogP contribution in [0.2, 0.25) is 5.02 Å². The Morgan fingerprint density at radius 2 is 1.76 bits per heavy atom. The van der Waals surface area contributed by atoms with Crippen LogP contribution in [0.25, 0.3) is 0 Å². The van der Waals surface area contributed by atoms with Crippen molar-refractivity contribution in [3.63, 3.8) is 0 Å². The molecule has 0 bridgehead atoms. The molecular formula is C18H18ClNO5. The van der Waals surface area contributed by atoms with Gasteiger partial charge in [-0.3, -0.25) is 4.79 Å². The van der Waals surface area contributed by atoms with Crippen LogP contribution in [0.5, 0.6) is 11.5 Å². The van der Waals surface area contributed by atoms with Crippen LogP contribution in [0.1, 0.15) is 27.6 Å². The summed E-state index contributed by atoms with van der Waals surface area (Å²) in [6.07, 6.45) is 0. The summed E-state index contributed by atoms with van der Waals surface area (Å²) in [5, 5.41) is 2.96. The molecule has 2 rings (SSSR count). The first-order valence-electron chi connectivity index (χ1n) is 7.50. The Morgan fingerprint density at radius 3 is 2.40 bits per heavy atom. The topological polar surface area (TPSA) is 73.9 Å². The van der Waals surface area contributed by atoms with Crippen molar-refractivity contribution in [3.05, 3.63) is 52.5 Å². The largest absolute Gasteiger partial charge is 0.493 e. The van der Waals surface area contributed by atoms with E-state index in [1.165, 1.54) is 26.4 Å². The lowest BCUT2D eigenvalue weighted by Crippen LogP contribution is -2.13. The van der Waals surface area contributed by atoms with E-state index in [1.54, 1.807) is 31.2 Å². The highest BCUT2D eigenvalue weighted by atomic mass is 35.5. The van der Waals surface area contributed by atoms with Crippen molar-refractivity contribution in [2.45, 2.75) is 6.92 Å². The third-order valence-electron chi connectivity index (χ3n) is 3.37. The zero-order chi connectivity index (χ0) is 18.4. The van der Waals surface area contributed by atoms with E-state index in [2.05, 4.69) is 5.32 Å². The number of halogens is 1. The number of benzene rings is 2. The maximum absolute atomic E-state index is 12.4. The molecule has 0 unspecified atom stereocenters. The summed E-state index contributed by atoms with van der Waals surface area (Å²) in [4.78, 5) is 24.3. The number of methoxy groups -OCH3 is 2. The second kappa shape index (κ2) is 8.39. The zero-order valence-corrected chi connectivity index (χ0v) is 14.8. The molecule has 132 valence electrons. The van der Waals surface area contributed by atoms with Gasteiger partial charge in [-0.25, -0.2) is 4.79 Å². The van der Waals surface area contributed by atoms with Gasteiger partial charge in [0.15, 0.2) is 11.5 Å². The fourth-order valence-corrected chi connectivity index (χ4v) is 2.34. The van der Waals surface area contributed by atoms with E-state index in [0.29, 0.717) is 22.7 Å². The highest BCUT2D eigenvalue weighted by molar-refractivity contribution is 6.33. The molecule has 0 aliphatic rings. The monoisotopic (exact) mass is 363 g/mol. The number of amides is 1. The van der Waals surface area contributed by atoms with Crippen LogP contribution in [0.3, 0.4) is 0 Å². The fourth-order valence-electron chi connectivity index (χ4n) is 2.15. The third kappa shape index (κ3) is 4.42. The minimum Gasteiger partial charge on any atom is -0.493 e. The van der Waals surface area contributed by atoms with Gasteiger partial charge in [0.1, 0.15) is 0 Å². The number of carbonyl (C=O) groups excluding carboxylic acids is 2. The smallest absolute Gasteiger partial charge is 0.339 e. The average Bonchev–Trinajstić information content (AvgIpc) is 2.62. The van der Waals surface area contributed by atoms with Crippen molar-refractivity contribution >= 4 is 29.2 Å². The zero-order valence-electron chi connectivity index (χ0n) is 14.1. The lowest BCUT2D eigenvalue weighted by molar-refractivity contribution is 0.0526. The lowest BCUT2D eigenvalue weighted by atomic mass is 10.1. The number of anilines is 1. The Labute approximate surface area is 150 Å². The molecule has 0 saturated heterocycles. The van der Waals surface area contributed by atoms with Gasteiger partial charge in [-0.1, -0.05) is 11.6 Å². The van der Waals surface area contributed by atoms with Crippen molar-refractivity contribution in [2.24, 2.45) is 0 Å². The van der Waals surface area contributed by atoms with Crippen molar-refractivity contribution in [3.8, 4) is 11.5 Å². The van der Waals surface area contributed by atoms with Crippen molar-refractivity contribution < 1.29 is 23.8 Å². The standard InChI is InChI=1S/C18H18ClNO5/c1-4-25-18(22)13-10-12(6-7-14(13)19)20-17(21)11-5-8-15(23-2)16(9-11)24-3/h5-10H,4H2,1-3H3,(H,20,21). The SMILES string of the molecule is CCOC(=O)c1cc(NC(=O)c2ccc(OC)c(OC)c2)ccc1Cl. The van der Waals surface area contributed by atoms with E-state index >= 15 is 0 Å². The molecule has 25 heavy (non-hydrogen) atoms. The minimum atomic E-state index is -0.547. The molecule has 6 nitrogen and oxygen atoms in total. The number of rotatable bonds is 6. The van der Waals surface area contributed by atoms with Gasteiger partial charge in [-0.15, -0.1) is 0 Å². The molecule has 2 aromatic carbocycles. The van der Waals surface area contributed by atoms with Gasteiger partial charge in [0.05, 0.1) is 31.4 Å². The van der Waals surface area contributed by atoms with Crippen LogP contribution in [0, 0.1) is 0 Å². The molecule has 2 aromatic rings. The number of carbonyl (C=O) groups is 2. The normalized spacial score (nSPS) is 10.1. The van der Waals surface area contributed by atoms with E-state index in [9.17, 15) is 9.59 Å². The molecule has 0 fully saturated rings. The summed E-state index contributed by atoms with van der Waals surface area (Å²) in [6.45, 7) is 1.94. The number of ether oxygens (including phenoxy) is 3. The van der Waals surface area contributed by atoms with Crippen molar-refractivity contribution in [1.29, 1.82) is 0 Å². The molecule has 0 radical (unpaired) electrons. The van der Waals surface area contributed by atoms with Gasteiger partial charge >= 0.3 is 5.97 Å². The average molecular weight is 364 g/mol. The number of hydrogen-bond donors (Lipinski definition) is 1. The van der Waals surface area contributed by atoms with Crippen LogP contribution in [0.4, 0.5) is 5.69 Å². The molecular weight excluding hydrogens is 346 g/mol. The van der Waals surface area contributed by atoms with E-state index in [-0.39, 0.29) is 23.1 Å². The van der Waals surface area contributed by atoms with Crippen LogP contribution in [-0.4, -0.2) is 32.7 Å². The molecule has 0 aliphatic heterocycles. The Balaban J connectivity index is 2.23. The molecule has 0 atom stereocenters. The van der Waals surface area contributed by atoms with Crippen LogP contribution in [-0.2, 0) is 4.74 Å². The van der Waals surface area contributed by atoms with Crippen LogP contribution in [0.15, 0.2) is 36.4 Å². The van der Waals surface area contributed by atoms with E-state index in [1.807, 2.05) is 0 Å². The quantitative estimate of drug-likeness (QED) is 0.790. The molecule has 0 spiro atoms. The van der Waals surface area contributed by atoms with Gasteiger partial charge in [0, 0.05) is 11.3 Å². The molecule has 0 aromatic heterocycles. The summed E-state index contributed by atoms with van der Waals surface area (Å²) in [7, 11) is 3.01. The fraction of sp³-hybridized carbons (Fsp3) is 0.222. The van der Waals surface area contributed by atoms with Gasteiger partial charge in [-0.05, 0) is 43.3 Å². The summed E-state index contributed by atoms with van der Waals surface area (Å²) >= 11 is 6.01. The van der Waals surface area contributed by atoms with Gasteiger partial charge < -0.3 is 19.5 Å².